The van der Waals surface area contributed by atoms with Crippen molar-refractivity contribution in [3.05, 3.63) is 0 Å². The van der Waals surface area contributed by atoms with Gasteiger partial charge in [0.25, 0.3) is 0 Å². The van der Waals surface area contributed by atoms with Gasteiger partial charge >= 0.3 is 12.3 Å². The van der Waals surface area contributed by atoms with Crippen molar-refractivity contribution in [2.75, 3.05) is 13.2 Å². The molecule has 0 rings (SSSR count). The van der Waals surface area contributed by atoms with E-state index < -0.39 is 25.2 Å². The standard InChI is InChI=1S/C6H10F3NO2/c1-2-12-5(11)10-4-3-6(7,8)9/h2-4H2,1H3,(H,10,11). The summed E-state index contributed by atoms with van der Waals surface area (Å²) in [5, 5.41) is 1.96. The SMILES string of the molecule is CCOC(=O)NCCC(F)(F)F. The molecule has 72 valence electrons. The second-order valence-electron chi connectivity index (χ2n) is 2.01. The molecule has 0 fully saturated rings. The fraction of sp³-hybridized carbons (Fsp3) is 0.833. The predicted octanol–water partition coefficient (Wildman–Crippen LogP) is 1.68. The zero-order chi connectivity index (χ0) is 9.61. The summed E-state index contributed by atoms with van der Waals surface area (Å²) in [7, 11) is 0. The molecule has 0 aliphatic heterocycles. The molecule has 3 nitrogen and oxygen atoms in total. The molecule has 0 heterocycles. The van der Waals surface area contributed by atoms with Crippen molar-refractivity contribution in [1.82, 2.24) is 5.32 Å². The van der Waals surface area contributed by atoms with Gasteiger partial charge in [0.15, 0.2) is 0 Å². The van der Waals surface area contributed by atoms with Crippen molar-refractivity contribution in [3.8, 4) is 0 Å². The Morgan fingerprint density at radius 2 is 2.08 bits per heavy atom. The molecule has 0 bridgehead atoms. The van der Waals surface area contributed by atoms with E-state index >= 15 is 0 Å². The summed E-state index contributed by atoms with van der Waals surface area (Å²) >= 11 is 0. The number of nitrogens with one attached hydrogen (secondary N) is 1. The molecular formula is C6H10F3NO2. The summed E-state index contributed by atoms with van der Waals surface area (Å²) < 4.78 is 38.8. The van der Waals surface area contributed by atoms with Gasteiger partial charge in [0.2, 0.25) is 0 Å². The number of halogens is 3. The van der Waals surface area contributed by atoms with Crippen LogP contribution in [0.1, 0.15) is 13.3 Å². The molecule has 0 aromatic heterocycles. The Balaban J connectivity index is 3.37. The molecule has 0 aliphatic rings. The Bertz CT molecular complexity index is 146. The summed E-state index contributed by atoms with van der Waals surface area (Å²) in [4.78, 5) is 10.4. The van der Waals surface area contributed by atoms with Gasteiger partial charge in [0.05, 0.1) is 13.0 Å². The van der Waals surface area contributed by atoms with E-state index in [2.05, 4.69) is 4.74 Å². The second-order valence-corrected chi connectivity index (χ2v) is 2.01. The van der Waals surface area contributed by atoms with Gasteiger partial charge in [-0.1, -0.05) is 0 Å². The highest BCUT2D eigenvalue weighted by Crippen LogP contribution is 2.17. The molecule has 0 aromatic rings. The highest BCUT2D eigenvalue weighted by molar-refractivity contribution is 5.66. The van der Waals surface area contributed by atoms with E-state index in [1.165, 1.54) is 0 Å². The summed E-state index contributed by atoms with van der Waals surface area (Å²) in [5.41, 5.74) is 0. The third kappa shape index (κ3) is 7.17. The van der Waals surface area contributed by atoms with Crippen LogP contribution in [0.5, 0.6) is 0 Å². The summed E-state index contributed by atoms with van der Waals surface area (Å²) in [6.07, 6.45) is -6.09. The Labute approximate surface area is 67.9 Å². The average Bonchev–Trinajstić information content (AvgIpc) is 1.84. The number of hydrogen-bond donors (Lipinski definition) is 1. The number of rotatable bonds is 3. The van der Waals surface area contributed by atoms with Crippen molar-refractivity contribution in [1.29, 1.82) is 0 Å². The van der Waals surface area contributed by atoms with Crippen LogP contribution in [0.25, 0.3) is 0 Å². The van der Waals surface area contributed by atoms with E-state index in [0.29, 0.717) is 0 Å². The number of carbonyl (C=O) groups excluding carboxylic acids is 1. The van der Waals surface area contributed by atoms with Gasteiger partial charge in [-0.25, -0.2) is 4.79 Å². The third-order valence-electron chi connectivity index (χ3n) is 0.953. The molecule has 0 aliphatic carbocycles. The molecule has 0 radical (unpaired) electrons. The smallest absolute Gasteiger partial charge is 0.407 e. The average molecular weight is 185 g/mol. The Kier molecular flexibility index (Phi) is 4.46. The lowest BCUT2D eigenvalue weighted by Crippen LogP contribution is -2.28. The molecule has 6 heteroatoms. The van der Waals surface area contributed by atoms with E-state index in [4.69, 9.17) is 0 Å². The minimum absolute atomic E-state index is 0.151. The van der Waals surface area contributed by atoms with Gasteiger partial charge in [0, 0.05) is 6.54 Å². The number of alkyl halides is 3. The minimum atomic E-state index is -4.24. The van der Waals surface area contributed by atoms with E-state index in [1.54, 1.807) is 6.92 Å². The maximum atomic E-state index is 11.5. The molecule has 1 amide bonds. The van der Waals surface area contributed by atoms with E-state index in [-0.39, 0.29) is 6.61 Å². The number of alkyl carbamates (subject to hydrolysis) is 1. The first-order valence-electron chi connectivity index (χ1n) is 3.43. The Hall–Kier alpha value is -0.940. The van der Waals surface area contributed by atoms with Crippen molar-refractivity contribution in [2.45, 2.75) is 19.5 Å². The lowest BCUT2D eigenvalue weighted by Gasteiger charge is -2.07. The first-order valence-corrected chi connectivity index (χ1v) is 3.43. The van der Waals surface area contributed by atoms with Gasteiger partial charge in [-0.15, -0.1) is 0 Å². The van der Waals surface area contributed by atoms with Crippen LogP contribution in [0.15, 0.2) is 0 Å². The van der Waals surface area contributed by atoms with Crippen molar-refractivity contribution in [3.63, 3.8) is 0 Å². The van der Waals surface area contributed by atoms with Crippen molar-refractivity contribution < 1.29 is 22.7 Å². The van der Waals surface area contributed by atoms with Crippen LogP contribution in [0.2, 0.25) is 0 Å². The van der Waals surface area contributed by atoms with Gasteiger partial charge in [-0.2, -0.15) is 13.2 Å². The first-order chi connectivity index (χ1) is 5.45. The van der Waals surface area contributed by atoms with Gasteiger partial charge in [-0.05, 0) is 6.92 Å². The minimum Gasteiger partial charge on any atom is -0.450 e. The van der Waals surface area contributed by atoms with E-state index in [0.717, 1.165) is 0 Å². The second kappa shape index (κ2) is 4.84. The molecule has 1 N–H and O–H groups in total. The quantitative estimate of drug-likeness (QED) is 0.726. The van der Waals surface area contributed by atoms with Gasteiger partial charge in [0.1, 0.15) is 0 Å². The monoisotopic (exact) mass is 185 g/mol. The molecule has 0 aromatic carbocycles. The first kappa shape index (κ1) is 11.1. The maximum absolute atomic E-state index is 11.5. The number of carbonyl (C=O) groups is 1. The molecule has 0 spiro atoms. The molecular weight excluding hydrogens is 175 g/mol. The molecule has 0 saturated heterocycles. The molecule has 0 unspecified atom stereocenters. The fourth-order valence-electron chi connectivity index (χ4n) is 0.488. The third-order valence-corrected chi connectivity index (χ3v) is 0.953. The predicted molar refractivity (Wildman–Crippen MR) is 35.7 cm³/mol. The van der Waals surface area contributed by atoms with E-state index in [1.807, 2.05) is 5.32 Å². The number of ether oxygens (including phenoxy) is 1. The molecule has 0 atom stereocenters. The summed E-state index contributed by atoms with van der Waals surface area (Å²) in [6, 6.07) is 0. The number of hydrogen-bond acceptors (Lipinski definition) is 2. The van der Waals surface area contributed by atoms with Crippen LogP contribution < -0.4 is 5.32 Å². The highest BCUT2D eigenvalue weighted by Gasteiger charge is 2.26. The van der Waals surface area contributed by atoms with Crippen LogP contribution in [0, 0.1) is 0 Å². The lowest BCUT2D eigenvalue weighted by molar-refractivity contribution is -0.133. The van der Waals surface area contributed by atoms with Gasteiger partial charge < -0.3 is 10.1 Å². The van der Waals surface area contributed by atoms with Crippen molar-refractivity contribution >= 4 is 6.09 Å². The van der Waals surface area contributed by atoms with Crippen LogP contribution in [0.4, 0.5) is 18.0 Å². The summed E-state index contributed by atoms with van der Waals surface area (Å²) in [6.45, 7) is 1.28. The maximum Gasteiger partial charge on any atom is 0.407 e. The largest absolute Gasteiger partial charge is 0.450 e. The van der Waals surface area contributed by atoms with Crippen LogP contribution >= 0.6 is 0 Å². The Morgan fingerprint density at radius 1 is 1.50 bits per heavy atom. The molecule has 12 heavy (non-hydrogen) atoms. The van der Waals surface area contributed by atoms with Crippen LogP contribution in [0.3, 0.4) is 0 Å². The van der Waals surface area contributed by atoms with Crippen molar-refractivity contribution in [2.24, 2.45) is 0 Å². The van der Waals surface area contributed by atoms with Crippen LogP contribution in [-0.2, 0) is 4.74 Å². The lowest BCUT2D eigenvalue weighted by atomic mass is 10.4. The highest BCUT2D eigenvalue weighted by atomic mass is 19.4. The Morgan fingerprint density at radius 3 is 2.50 bits per heavy atom. The van der Waals surface area contributed by atoms with E-state index in [9.17, 15) is 18.0 Å². The zero-order valence-electron chi connectivity index (χ0n) is 6.57. The fourth-order valence-corrected chi connectivity index (χ4v) is 0.488. The topological polar surface area (TPSA) is 38.3 Å². The van der Waals surface area contributed by atoms with Gasteiger partial charge in [-0.3, -0.25) is 0 Å². The summed E-state index contributed by atoms with van der Waals surface area (Å²) in [5.74, 6) is 0. The van der Waals surface area contributed by atoms with Crippen LogP contribution in [-0.4, -0.2) is 25.4 Å². The number of amides is 1. The zero-order valence-corrected chi connectivity index (χ0v) is 6.57. The molecule has 0 saturated carbocycles. The normalized spacial score (nSPS) is 11.0.